The molecule has 0 spiro atoms. The van der Waals surface area contributed by atoms with Crippen LogP contribution in [0.2, 0.25) is 0 Å². The molecule has 0 aliphatic carbocycles. The summed E-state index contributed by atoms with van der Waals surface area (Å²) in [6.45, 7) is 4.17. The molecule has 2 saturated heterocycles. The third kappa shape index (κ3) is 4.87. The normalized spacial score (nSPS) is 22.3. The summed E-state index contributed by atoms with van der Waals surface area (Å²) in [5.41, 5.74) is -0.719. The van der Waals surface area contributed by atoms with Gasteiger partial charge >= 0.3 is 6.18 Å². The lowest BCUT2D eigenvalue weighted by atomic mass is 10.1. The zero-order valence-corrected chi connectivity index (χ0v) is 14.8. The number of nitrogens with zero attached hydrogens (tertiary/aromatic N) is 2. The Kier molecular flexibility index (Phi) is 6.01. The molecule has 2 aliphatic rings. The number of likely N-dealkylation sites (tertiary alicyclic amines) is 2. The number of benzene rings is 1. The number of ketones is 1. The Morgan fingerprint density at radius 3 is 2.62 bits per heavy atom. The molecule has 6 heteroatoms. The number of carbonyl (C=O) groups is 1. The standard InChI is InChI=1S/C20H25F3N2O/c21-20(22,23)17-7-4-6-16(14-17)19(26)9-13-25-12-5-8-18(25)15-24-10-2-1-3-11-24/h4,6-7,9,13-14,18H,1-3,5,8,10-12,15H2/b13-9+/t18-/m0/s1. The number of hydrogen-bond acceptors (Lipinski definition) is 3. The van der Waals surface area contributed by atoms with E-state index in [4.69, 9.17) is 0 Å². The summed E-state index contributed by atoms with van der Waals surface area (Å²) in [6.07, 6.45) is 4.71. The van der Waals surface area contributed by atoms with Crippen molar-refractivity contribution in [2.24, 2.45) is 0 Å². The Morgan fingerprint density at radius 2 is 1.88 bits per heavy atom. The van der Waals surface area contributed by atoms with Gasteiger partial charge in [-0.3, -0.25) is 4.79 Å². The van der Waals surface area contributed by atoms with Crippen molar-refractivity contribution in [3.05, 3.63) is 47.7 Å². The van der Waals surface area contributed by atoms with Gasteiger partial charge < -0.3 is 9.80 Å². The van der Waals surface area contributed by atoms with E-state index in [1.54, 1.807) is 6.20 Å². The summed E-state index contributed by atoms with van der Waals surface area (Å²) in [6, 6.07) is 4.99. The molecule has 0 bridgehead atoms. The van der Waals surface area contributed by atoms with Crippen molar-refractivity contribution in [1.29, 1.82) is 0 Å². The van der Waals surface area contributed by atoms with Crippen LogP contribution in [0.1, 0.15) is 48.0 Å². The van der Waals surface area contributed by atoms with Gasteiger partial charge in [0.05, 0.1) is 5.56 Å². The Labute approximate surface area is 152 Å². The van der Waals surface area contributed by atoms with Crippen LogP contribution in [-0.2, 0) is 6.18 Å². The summed E-state index contributed by atoms with van der Waals surface area (Å²) in [7, 11) is 0. The van der Waals surface area contributed by atoms with Gasteiger partial charge in [0.1, 0.15) is 0 Å². The fraction of sp³-hybridized carbons (Fsp3) is 0.550. The Balaban J connectivity index is 1.62. The smallest absolute Gasteiger partial charge is 0.373 e. The maximum atomic E-state index is 12.8. The number of piperidine rings is 1. The van der Waals surface area contributed by atoms with E-state index in [2.05, 4.69) is 9.80 Å². The average Bonchev–Trinajstić information content (AvgIpc) is 3.07. The second-order valence-corrected chi connectivity index (χ2v) is 7.15. The maximum absolute atomic E-state index is 12.8. The van der Waals surface area contributed by atoms with Crippen LogP contribution in [0.15, 0.2) is 36.5 Å². The van der Waals surface area contributed by atoms with E-state index in [1.807, 2.05) is 0 Å². The second kappa shape index (κ2) is 8.25. The quantitative estimate of drug-likeness (QED) is 0.572. The first-order valence-electron chi connectivity index (χ1n) is 9.31. The number of halogens is 3. The molecule has 2 fully saturated rings. The first kappa shape index (κ1) is 19.0. The summed E-state index contributed by atoms with van der Waals surface area (Å²) in [5.74, 6) is -0.389. The molecule has 3 nitrogen and oxygen atoms in total. The molecule has 0 aromatic heterocycles. The first-order chi connectivity index (χ1) is 12.4. The maximum Gasteiger partial charge on any atom is 0.416 e. The predicted octanol–water partition coefficient (Wildman–Crippen LogP) is 4.35. The molecule has 1 aromatic carbocycles. The largest absolute Gasteiger partial charge is 0.416 e. The minimum absolute atomic E-state index is 0.0721. The van der Waals surface area contributed by atoms with E-state index in [0.717, 1.165) is 51.2 Å². The van der Waals surface area contributed by atoms with Crippen molar-refractivity contribution in [3.63, 3.8) is 0 Å². The molecular weight excluding hydrogens is 341 g/mol. The average molecular weight is 366 g/mol. The van der Waals surface area contributed by atoms with Crippen molar-refractivity contribution in [3.8, 4) is 0 Å². The van der Waals surface area contributed by atoms with Crippen LogP contribution in [-0.4, -0.2) is 47.8 Å². The highest BCUT2D eigenvalue weighted by molar-refractivity contribution is 6.04. The zero-order valence-electron chi connectivity index (χ0n) is 14.8. The topological polar surface area (TPSA) is 23.6 Å². The molecule has 0 amide bonds. The second-order valence-electron chi connectivity index (χ2n) is 7.15. The number of carbonyl (C=O) groups excluding carboxylic acids is 1. The lowest BCUT2D eigenvalue weighted by Crippen LogP contribution is -2.40. The van der Waals surface area contributed by atoms with Gasteiger partial charge in [0.25, 0.3) is 0 Å². The van der Waals surface area contributed by atoms with E-state index < -0.39 is 11.7 Å². The summed E-state index contributed by atoms with van der Waals surface area (Å²) in [4.78, 5) is 16.9. The van der Waals surface area contributed by atoms with Crippen molar-refractivity contribution in [2.75, 3.05) is 26.2 Å². The fourth-order valence-electron chi connectivity index (χ4n) is 3.80. The lowest BCUT2D eigenvalue weighted by molar-refractivity contribution is -0.137. The van der Waals surface area contributed by atoms with E-state index >= 15 is 0 Å². The molecule has 0 radical (unpaired) electrons. The van der Waals surface area contributed by atoms with E-state index in [-0.39, 0.29) is 11.3 Å². The third-order valence-electron chi connectivity index (χ3n) is 5.23. The van der Waals surface area contributed by atoms with E-state index in [0.29, 0.717) is 6.04 Å². The SMILES string of the molecule is O=C(/C=C/N1CCC[C@H]1CN1CCCCC1)c1cccc(C(F)(F)F)c1. The zero-order chi connectivity index (χ0) is 18.6. The predicted molar refractivity (Wildman–Crippen MR) is 94.9 cm³/mol. The van der Waals surface area contributed by atoms with Crippen LogP contribution in [0.25, 0.3) is 0 Å². The van der Waals surface area contributed by atoms with Crippen LogP contribution in [0.4, 0.5) is 13.2 Å². The monoisotopic (exact) mass is 366 g/mol. The van der Waals surface area contributed by atoms with Crippen LogP contribution in [0.3, 0.4) is 0 Å². The molecule has 1 atom stereocenters. The van der Waals surface area contributed by atoms with Crippen molar-refractivity contribution < 1.29 is 18.0 Å². The van der Waals surface area contributed by atoms with Crippen LogP contribution >= 0.6 is 0 Å². The van der Waals surface area contributed by atoms with Crippen molar-refractivity contribution in [2.45, 2.75) is 44.3 Å². The first-order valence-corrected chi connectivity index (χ1v) is 9.31. The van der Waals surface area contributed by atoms with Gasteiger partial charge in [-0.25, -0.2) is 0 Å². The molecule has 0 saturated carbocycles. The molecule has 2 heterocycles. The third-order valence-corrected chi connectivity index (χ3v) is 5.23. The van der Waals surface area contributed by atoms with Gasteiger partial charge in [0.15, 0.2) is 5.78 Å². The molecule has 142 valence electrons. The van der Waals surface area contributed by atoms with Crippen molar-refractivity contribution >= 4 is 5.78 Å². The molecule has 1 aromatic rings. The Bertz CT molecular complexity index is 651. The van der Waals surface area contributed by atoms with E-state index in [1.165, 1.54) is 37.5 Å². The van der Waals surface area contributed by atoms with Crippen LogP contribution in [0, 0.1) is 0 Å². The summed E-state index contributed by atoms with van der Waals surface area (Å²) >= 11 is 0. The molecule has 26 heavy (non-hydrogen) atoms. The minimum Gasteiger partial charge on any atom is -0.373 e. The number of hydrogen-bond donors (Lipinski definition) is 0. The fourth-order valence-corrected chi connectivity index (χ4v) is 3.80. The number of rotatable bonds is 5. The van der Waals surface area contributed by atoms with Gasteiger partial charge in [0, 0.05) is 37.0 Å². The van der Waals surface area contributed by atoms with Gasteiger partial charge in [-0.2, -0.15) is 13.2 Å². The van der Waals surface area contributed by atoms with Gasteiger partial charge in [-0.05, 0) is 50.9 Å². The number of allylic oxidation sites excluding steroid dienone is 1. The minimum atomic E-state index is -4.44. The lowest BCUT2D eigenvalue weighted by Gasteiger charge is -2.32. The molecular formula is C20H25F3N2O. The van der Waals surface area contributed by atoms with Gasteiger partial charge in [-0.15, -0.1) is 0 Å². The van der Waals surface area contributed by atoms with E-state index in [9.17, 15) is 18.0 Å². The number of alkyl halides is 3. The van der Waals surface area contributed by atoms with Gasteiger partial charge in [-0.1, -0.05) is 18.6 Å². The van der Waals surface area contributed by atoms with Crippen molar-refractivity contribution in [1.82, 2.24) is 9.80 Å². The Morgan fingerprint density at radius 1 is 1.12 bits per heavy atom. The Hall–Kier alpha value is -1.82. The molecule has 3 rings (SSSR count). The molecule has 0 unspecified atom stereocenters. The highest BCUT2D eigenvalue weighted by Crippen LogP contribution is 2.29. The van der Waals surface area contributed by atoms with Crippen LogP contribution in [0.5, 0.6) is 0 Å². The van der Waals surface area contributed by atoms with Gasteiger partial charge in [0.2, 0.25) is 0 Å². The summed E-state index contributed by atoms with van der Waals surface area (Å²) < 4.78 is 38.4. The molecule has 0 N–H and O–H groups in total. The summed E-state index contributed by atoms with van der Waals surface area (Å²) in [5, 5.41) is 0. The highest BCUT2D eigenvalue weighted by Gasteiger charge is 2.31. The van der Waals surface area contributed by atoms with Crippen LogP contribution < -0.4 is 0 Å². The highest BCUT2D eigenvalue weighted by atomic mass is 19.4. The molecule has 2 aliphatic heterocycles.